The highest BCUT2D eigenvalue weighted by Crippen LogP contribution is 2.14. The number of isocyanates is 1. The molecule has 0 bridgehead atoms. The fourth-order valence-corrected chi connectivity index (χ4v) is 0.635. The largest absolute Gasteiger partial charge is 0.497 e. The van der Waals surface area contributed by atoms with Crippen LogP contribution in [0.25, 0.3) is 0 Å². The third-order valence-electron chi connectivity index (χ3n) is 1.11. The summed E-state index contributed by atoms with van der Waals surface area (Å²) in [5.41, 5.74) is 0. The number of ether oxygens (including phenoxy) is 1. The summed E-state index contributed by atoms with van der Waals surface area (Å²) in [6.45, 7) is 0. The number of carbonyl (C=O) groups excluding carboxylic acids is 1. The Balaban J connectivity index is 3.00. The Bertz CT molecular complexity index is 292. The van der Waals surface area contributed by atoms with Crippen LogP contribution in [-0.4, -0.2) is 18.2 Å². The lowest BCUT2D eigenvalue weighted by molar-refractivity contribution is 0.414. The van der Waals surface area contributed by atoms with Crippen LogP contribution in [0.15, 0.2) is 23.3 Å². The van der Waals surface area contributed by atoms with Crippen LogP contribution < -0.4 is 4.74 Å². The zero-order chi connectivity index (χ0) is 8.10. The van der Waals surface area contributed by atoms with Crippen LogP contribution in [0.2, 0.25) is 0 Å². The van der Waals surface area contributed by atoms with Gasteiger partial charge in [-0.2, -0.15) is 0 Å². The van der Waals surface area contributed by atoms with Crippen molar-refractivity contribution in [1.29, 1.82) is 0 Å². The molecule has 0 saturated carbocycles. The van der Waals surface area contributed by atoms with E-state index in [0.29, 0.717) is 11.6 Å². The van der Waals surface area contributed by atoms with E-state index in [2.05, 4.69) is 9.98 Å². The lowest BCUT2D eigenvalue weighted by atomic mass is 10.4. The maximum absolute atomic E-state index is 9.80. The number of methoxy groups -OCH3 is 1. The highest BCUT2D eigenvalue weighted by Gasteiger charge is 1.92. The van der Waals surface area contributed by atoms with Crippen LogP contribution in [-0.2, 0) is 4.79 Å². The van der Waals surface area contributed by atoms with E-state index in [9.17, 15) is 4.79 Å². The lowest BCUT2D eigenvalue weighted by Crippen LogP contribution is -1.82. The van der Waals surface area contributed by atoms with Gasteiger partial charge in [0.1, 0.15) is 5.75 Å². The van der Waals surface area contributed by atoms with Gasteiger partial charge in [-0.25, -0.2) is 9.78 Å². The molecule has 4 nitrogen and oxygen atoms in total. The number of hydrogen-bond acceptors (Lipinski definition) is 4. The maximum atomic E-state index is 9.80. The fraction of sp³-hybridized carbons (Fsp3) is 0.143. The molecular formula is C7H6N2O2. The topological polar surface area (TPSA) is 51.6 Å². The minimum Gasteiger partial charge on any atom is -0.497 e. The molecule has 0 spiro atoms. The Kier molecular flexibility index (Phi) is 2.36. The van der Waals surface area contributed by atoms with Gasteiger partial charge >= 0.3 is 0 Å². The standard InChI is InChI=1S/C7H6N2O2/c1-11-6-2-3-8-7(4-6)9-5-10/h2-4H,1H3. The summed E-state index contributed by atoms with van der Waals surface area (Å²) in [5.74, 6) is 0.924. The highest BCUT2D eigenvalue weighted by atomic mass is 16.5. The second-order valence-corrected chi connectivity index (χ2v) is 1.76. The van der Waals surface area contributed by atoms with Crippen molar-refractivity contribution < 1.29 is 9.53 Å². The molecule has 1 heterocycles. The molecular weight excluding hydrogens is 144 g/mol. The van der Waals surface area contributed by atoms with E-state index < -0.39 is 0 Å². The molecule has 0 atom stereocenters. The van der Waals surface area contributed by atoms with E-state index in [4.69, 9.17) is 4.74 Å². The predicted molar refractivity (Wildman–Crippen MR) is 38.6 cm³/mol. The Morgan fingerprint density at radius 1 is 1.73 bits per heavy atom. The summed E-state index contributed by atoms with van der Waals surface area (Å²) >= 11 is 0. The maximum Gasteiger partial charge on any atom is 0.242 e. The van der Waals surface area contributed by atoms with Crippen molar-refractivity contribution >= 4 is 11.9 Å². The number of pyridine rings is 1. The molecule has 4 heteroatoms. The van der Waals surface area contributed by atoms with Gasteiger partial charge in [-0.3, -0.25) is 0 Å². The van der Waals surface area contributed by atoms with E-state index in [1.807, 2.05) is 0 Å². The normalized spacial score (nSPS) is 8.45. The first-order valence-corrected chi connectivity index (χ1v) is 2.94. The van der Waals surface area contributed by atoms with Crippen LogP contribution in [0.3, 0.4) is 0 Å². The molecule has 11 heavy (non-hydrogen) atoms. The van der Waals surface area contributed by atoms with Crippen LogP contribution in [0.5, 0.6) is 5.75 Å². The zero-order valence-corrected chi connectivity index (χ0v) is 5.94. The number of hydrogen-bond donors (Lipinski definition) is 0. The summed E-state index contributed by atoms with van der Waals surface area (Å²) in [5, 5.41) is 0. The molecule has 0 aromatic carbocycles. The van der Waals surface area contributed by atoms with Crippen LogP contribution >= 0.6 is 0 Å². The van der Waals surface area contributed by atoms with E-state index >= 15 is 0 Å². The summed E-state index contributed by atoms with van der Waals surface area (Å²) < 4.78 is 4.87. The number of aliphatic imine (C=N–C) groups is 1. The van der Waals surface area contributed by atoms with Gasteiger partial charge in [-0.1, -0.05) is 0 Å². The van der Waals surface area contributed by atoms with Crippen molar-refractivity contribution in [3.63, 3.8) is 0 Å². The van der Waals surface area contributed by atoms with Gasteiger partial charge in [0.15, 0.2) is 5.82 Å². The van der Waals surface area contributed by atoms with Gasteiger partial charge < -0.3 is 4.74 Å². The molecule has 1 rings (SSSR count). The summed E-state index contributed by atoms with van der Waals surface area (Å²) in [6, 6.07) is 3.22. The molecule has 56 valence electrons. The van der Waals surface area contributed by atoms with Gasteiger partial charge in [0, 0.05) is 12.3 Å². The first-order valence-electron chi connectivity index (χ1n) is 2.94. The van der Waals surface area contributed by atoms with E-state index in [-0.39, 0.29) is 0 Å². The van der Waals surface area contributed by atoms with Crippen molar-refractivity contribution in [2.45, 2.75) is 0 Å². The molecule has 0 amide bonds. The number of nitrogens with zero attached hydrogens (tertiary/aromatic N) is 2. The minimum atomic E-state index is 0.305. The summed E-state index contributed by atoms with van der Waals surface area (Å²) in [4.78, 5) is 16.9. The van der Waals surface area contributed by atoms with Crippen molar-refractivity contribution in [1.82, 2.24) is 4.98 Å². The van der Waals surface area contributed by atoms with Gasteiger partial charge in [0.05, 0.1) is 7.11 Å². The first kappa shape index (κ1) is 7.44. The van der Waals surface area contributed by atoms with E-state index in [0.717, 1.165) is 0 Å². The van der Waals surface area contributed by atoms with Crippen LogP contribution in [0, 0.1) is 0 Å². The molecule has 0 aliphatic heterocycles. The van der Waals surface area contributed by atoms with Gasteiger partial charge in [-0.15, -0.1) is 4.99 Å². The fourth-order valence-electron chi connectivity index (χ4n) is 0.635. The first-order chi connectivity index (χ1) is 5.36. The number of aromatic nitrogens is 1. The smallest absolute Gasteiger partial charge is 0.242 e. The lowest BCUT2D eigenvalue weighted by Gasteiger charge is -1.96. The molecule has 0 aliphatic rings. The Hall–Kier alpha value is -1.67. The van der Waals surface area contributed by atoms with Gasteiger partial charge in [0.25, 0.3) is 0 Å². The molecule has 1 aromatic rings. The third kappa shape index (κ3) is 1.88. The zero-order valence-electron chi connectivity index (χ0n) is 5.94. The van der Waals surface area contributed by atoms with Crippen molar-refractivity contribution in [2.24, 2.45) is 4.99 Å². The summed E-state index contributed by atoms with van der Waals surface area (Å²) in [7, 11) is 1.53. The Morgan fingerprint density at radius 3 is 3.18 bits per heavy atom. The van der Waals surface area contributed by atoms with Crippen LogP contribution in [0.4, 0.5) is 5.82 Å². The third-order valence-corrected chi connectivity index (χ3v) is 1.11. The molecule has 0 fully saturated rings. The SMILES string of the molecule is COc1ccnc(N=C=O)c1. The molecule has 0 saturated heterocycles. The van der Waals surface area contributed by atoms with Crippen molar-refractivity contribution in [2.75, 3.05) is 7.11 Å². The van der Waals surface area contributed by atoms with Crippen molar-refractivity contribution in [3.05, 3.63) is 18.3 Å². The quantitative estimate of drug-likeness (QED) is 0.467. The number of rotatable bonds is 2. The second-order valence-electron chi connectivity index (χ2n) is 1.76. The second kappa shape index (κ2) is 3.49. The van der Waals surface area contributed by atoms with E-state index in [1.54, 1.807) is 12.1 Å². The Labute approximate surface area is 63.6 Å². The van der Waals surface area contributed by atoms with E-state index in [1.165, 1.54) is 19.4 Å². The monoisotopic (exact) mass is 150 g/mol. The average Bonchev–Trinajstić information content (AvgIpc) is 2.06. The molecule has 1 aromatic heterocycles. The minimum absolute atomic E-state index is 0.305. The molecule has 0 radical (unpaired) electrons. The Morgan fingerprint density at radius 2 is 2.55 bits per heavy atom. The van der Waals surface area contributed by atoms with Gasteiger partial charge in [0.2, 0.25) is 6.08 Å². The summed E-state index contributed by atoms with van der Waals surface area (Å²) in [6.07, 6.45) is 2.90. The highest BCUT2D eigenvalue weighted by molar-refractivity contribution is 5.46. The molecule has 0 aliphatic carbocycles. The van der Waals surface area contributed by atoms with Crippen molar-refractivity contribution in [3.8, 4) is 5.75 Å². The van der Waals surface area contributed by atoms with Crippen LogP contribution in [0.1, 0.15) is 0 Å². The predicted octanol–water partition coefficient (Wildman–Crippen LogP) is 1.06. The van der Waals surface area contributed by atoms with Gasteiger partial charge in [-0.05, 0) is 6.07 Å². The molecule has 0 N–H and O–H groups in total. The molecule has 0 unspecified atom stereocenters. The average molecular weight is 150 g/mol.